The summed E-state index contributed by atoms with van der Waals surface area (Å²) in [5.74, 6) is 0. The molecule has 3 heteroatoms. The van der Waals surface area contributed by atoms with E-state index < -0.39 is 0 Å². The normalized spacial score (nSPS) is 17.1. The van der Waals surface area contributed by atoms with Crippen LogP contribution in [0.2, 0.25) is 0 Å². The summed E-state index contributed by atoms with van der Waals surface area (Å²) in [7, 11) is 1.78. The zero-order valence-electron chi connectivity index (χ0n) is 10.8. The highest BCUT2D eigenvalue weighted by molar-refractivity contribution is 5.52. The Morgan fingerprint density at radius 3 is 2.88 bits per heavy atom. The molecule has 17 heavy (non-hydrogen) atoms. The first-order chi connectivity index (χ1) is 8.26. The van der Waals surface area contributed by atoms with E-state index in [9.17, 15) is 0 Å². The molecule has 0 bridgehead atoms. The van der Waals surface area contributed by atoms with Gasteiger partial charge in [0.15, 0.2) is 0 Å². The van der Waals surface area contributed by atoms with Gasteiger partial charge in [-0.1, -0.05) is 25.5 Å². The van der Waals surface area contributed by atoms with Crippen molar-refractivity contribution in [2.75, 3.05) is 19.5 Å². The van der Waals surface area contributed by atoms with Gasteiger partial charge in [0.25, 0.3) is 0 Å². The van der Waals surface area contributed by atoms with Gasteiger partial charge in [-0.3, -0.25) is 4.90 Å². The van der Waals surface area contributed by atoms with Crippen molar-refractivity contribution in [3.63, 3.8) is 0 Å². The van der Waals surface area contributed by atoms with Gasteiger partial charge in [0.1, 0.15) is 0 Å². The Balaban J connectivity index is 2.09. The molecule has 1 atom stereocenters. The maximum Gasteiger partial charge on any atom is 0.0618 e. The van der Waals surface area contributed by atoms with Crippen LogP contribution in [0.3, 0.4) is 0 Å². The minimum atomic E-state index is 0.511. The molecule has 0 aromatic heterocycles. The summed E-state index contributed by atoms with van der Waals surface area (Å²) in [6.45, 7) is 5.01. The van der Waals surface area contributed by atoms with Crippen molar-refractivity contribution in [1.82, 2.24) is 4.90 Å². The third kappa shape index (κ3) is 2.61. The minimum Gasteiger partial charge on any atom is -0.398 e. The fourth-order valence-electron chi connectivity index (χ4n) is 2.63. The summed E-state index contributed by atoms with van der Waals surface area (Å²) in [6, 6.07) is 6.73. The molecular formula is C14H22N2O. The van der Waals surface area contributed by atoms with Crippen molar-refractivity contribution in [3.05, 3.63) is 29.3 Å². The Kier molecular flexibility index (Phi) is 4.02. The topological polar surface area (TPSA) is 38.5 Å². The van der Waals surface area contributed by atoms with Crippen molar-refractivity contribution in [2.45, 2.75) is 38.9 Å². The van der Waals surface area contributed by atoms with Crippen LogP contribution < -0.4 is 5.73 Å². The van der Waals surface area contributed by atoms with Gasteiger partial charge in [-0.15, -0.1) is 0 Å². The van der Waals surface area contributed by atoms with Crippen LogP contribution in [0.15, 0.2) is 18.2 Å². The van der Waals surface area contributed by atoms with E-state index in [0.29, 0.717) is 6.04 Å². The molecule has 94 valence electrons. The van der Waals surface area contributed by atoms with Gasteiger partial charge in [0, 0.05) is 31.9 Å². The summed E-state index contributed by atoms with van der Waals surface area (Å²) >= 11 is 0. The maximum atomic E-state index is 6.02. The fraction of sp³-hybridized carbons (Fsp3) is 0.571. The van der Waals surface area contributed by atoms with Gasteiger partial charge in [-0.05, 0) is 23.6 Å². The lowest BCUT2D eigenvalue weighted by Gasteiger charge is -2.26. The third-order valence-corrected chi connectivity index (χ3v) is 3.54. The number of hydrogen-bond acceptors (Lipinski definition) is 3. The summed E-state index contributed by atoms with van der Waals surface area (Å²) in [5.41, 5.74) is 9.64. The van der Waals surface area contributed by atoms with Gasteiger partial charge in [0.2, 0.25) is 0 Å². The van der Waals surface area contributed by atoms with Crippen molar-refractivity contribution < 1.29 is 4.74 Å². The second-order valence-electron chi connectivity index (χ2n) is 4.79. The van der Waals surface area contributed by atoms with Crippen LogP contribution in [0, 0.1) is 0 Å². The molecule has 1 aromatic rings. The first-order valence-electron chi connectivity index (χ1n) is 6.35. The Hall–Kier alpha value is -1.06. The first-order valence-corrected chi connectivity index (χ1v) is 6.35. The molecule has 1 aliphatic rings. The average Bonchev–Trinajstić information content (AvgIpc) is 2.74. The molecule has 0 fully saturated rings. The average molecular weight is 234 g/mol. The third-order valence-electron chi connectivity index (χ3n) is 3.54. The largest absolute Gasteiger partial charge is 0.398 e. The molecule has 1 heterocycles. The molecule has 1 aliphatic heterocycles. The smallest absolute Gasteiger partial charge is 0.0618 e. The molecule has 1 aromatic carbocycles. The zero-order valence-corrected chi connectivity index (χ0v) is 10.8. The quantitative estimate of drug-likeness (QED) is 0.795. The lowest BCUT2D eigenvalue weighted by molar-refractivity contribution is 0.0828. The minimum absolute atomic E-state index is 0.511. The fourth-order valence-corrected chi connectivity index (χ4v) is 2.63. The second-order valence-corrected chi connectivity index (χ2v) is 4.79. The number of benzene rings is 1. The van der Waals surface area contributed by atoms with E-state index in [1.54, 1.807) is 7.11 Å². The molecular weight excluding hydrogens is 212 g/mol. The summed E-state index contributed by atoms with van der Waals surface area (Å²) in [4.78, 5) is 2.48. The van der Waals surface area contributed by atoms with Crippen LogP contribution >= 0.6 is 0 Å². The molecule has 1 unspecified atom stereocenters. The van der Waals surface area contributed by atoms with Crippen molar-refractivity contribution in [1.29, 1.82) is 0 Å². The van der Waals surface area contributed by atoms with E-state index in [0.717, 1.165) is 25.4 Å². The van der Waals surface area contributed by atoms with Gasteiger partial charge < -0.3 is 10.5 Å². The highest BCUT2D eigenvalue weighted by Gasteiger charge is 2.26. The highest BCUT2D eigenvalue weighted by Crippen LogP contribution is 2.29. The number of nitrogen functional groups attached to an aromatic ring is 1. The van der Waals surface area contributed by atoms with Crippen molar-refractivity contribution >= 4 is 5.69 Å². The molecule has 0 spiro atoms. The number of anilines is 1. The highest BCUT2D eigenvalue weighted by atomic mass is 16.5. The number of nitrogens with zero attached hydrogens (tertiary/aromatic N) is 1. The Bertz CT molecular complexity index is 372. The Morgan fingerprint density at radius 2 is 2.24 bits per heavy atom. The van der Waals surface area contributed by atoms with Gasteiger partial charge in [-0.2, -0.15) is 0 Å². The monoisotopic (exact) mass is 234 g/mol. The SMILES string of the molecule is CCCC(COC)N1Cc2cccc(N)c2C1. The molecule has 0 amide bonds. The Labute approximate surface area is 104 Å². The number of fused-ring (bicyclic) bond motifs is 1. The lowest BCUT2D eigenvalue weighted by Crippen LogP contribution is -2.34. The predicted molar refractivity (Wildman–Crippen MR) is 70.7 cm³/mol. The van der Waals surface area contributed by atoms with E-state index in [4.69, 9.17) is 10.5 Å². The molecule has 0 saturated carbocycles. The molecule has 2 rings (SSSR count). The lowest BCUT2D eigenvalue weighted by atomic mass is 10.1. The number of rotatable bonds is 5. The van der Waals surface area contributed by atoms with E-state index in [-0.39, 0.29) is 0 Å². The van der Waals surface area contributed by atoms with Crippen LogP contribution in [0.5, 0.6) is 0 Å². The second kappa shape index (κ2) is 5.52. The molecule has 0 aliphatic carbocycles. The summed E-state index contributed by atoms with van der Waals surface area (Å²) in [5, 5.41) is 0. The van der Waals surface area contributed by atoms with Crippen LogP contribution in [0.1, 0.15) is 30.9 Å². The maximum absolute atomic E-state index is 6.02. The number of methoxy groups -OCH3 is 1. The summed E-state index contributed by atoms with van der Waals surface area (Å²) in [6.07, 6.45) is 2.37. The van der Waals surface area contributed by atoms with Gasteiger partial charge in [-0.25, -0.2) is 0 Å². The van der Waals surface area contributed by atoms with Crippen molar-refractivity contribution in [2.24, 2.45) is 0 Å². The standard InChI is InChI=1S/C14H22N2O/c1-3-5-12(10-17-2)16-8-11-6-4-7-14(15)13(11)9-16/h4,6-7,12H,3,5,8-10,15H2,1-2H3. The van der Waals surface area contributed by atoms with Crippen LogP contribution in [-0.4, -0.2) is 24.7 Å². The van der Waals surface area contributed by atoms with Crippen LogP contribution in [-0.2, 0) is 17.8 Å². The summed E-state index contributed by atoms with van der Waals surface area (Å²) < 4.78 is 5.33. The van der Waals surface area contributed by atoms with E-state index >= 15 is 0 Å². The number of ether oxygens (including phenoxy) is 1. The number of hydrogen-bond donors (Lipinski definition) is 1. The molecule has 2 N–H and O–H groups in total. The van der Waals surface area contributed by atoms with Gasteiger partial charge >= 0.3 is 0 Å². The molecule has 3 nitrogen and oxygen atoms in total. The van der Waals surface area contributed by atoms with E-state index in [1.165, 1.54) is 24.0 Å². The van der Waals surface area contributed by atoms with Crippen molar-refractivity contribution in [3.8, 4) is 0 Å². The molecule has 0 saturated heterocycles. The van der Waals surface area contributed by atoms with E-state index in [2.05, 4.69) is 17.9 Å². The molecule has 0 radical (unpaired) electrons. The first kappa shape index (κ1) is 12.4. The predicted octanol–water partition coefficient (Wildman–Crippen LogP) is 2.40. The Morgan fingerprint density at radius 1 is 1.41 bits per heavy atom. The van der Waals surface area contributed by atoms with Crippen LogP contribution in [0.25, 0.3) is 0 Å². The zero-order chi connectivity index (χ0) is 12.3. The van der Waals surface area contributed by atoms with Gasteiger partial charge in [0.05, 0.1) is 6.61 Å². The van der Waals surface area contributed by atoms with Crippen LogP contribution in [0.4, 0.5) is 5.69 Å². The van der Waals surface area contributed by atoms with E-state index in [1.807, 2.05) is 12.1 Å². The number of nitrogens with two attached hydrogens (primary N) is 1.